The number of likely N-dealkylation sites (tertiary alicyclic amines) is 1. The number of rotatable bonds is 3. The van der Waals surface area contributed by atoms with Gasteiger partial charge in [-0.1, -0.05) is 0 Å². The third-order valence-corrected chi connectivity index (χ3v) is 4.55. The Morgan fingerprint density at radius 2 is 2.05 bits per heavy atom. The minimum absolute atomic E-state index is 0.139. The van der Waals surface area contributed by atoms with Gasteiger partial charge in [0.2, 0.25) is 5.91 Å². The van der Waals surface area contributed by atoms with Crippen LogP contribution in [0.15, 0.2) is 18.2 Å². The molecule has 2 fully saturated rings. The van der Waals surface area contributed by atoms with Gasteiger partial charge in [-0.05, 0) is 48.9 Å². The number of amides is 1. The van der Waals surface area contributed by atoms with Crippen molar-refractivity contribution in [3.05, 3.63) is 35.4 Å². The second kappa shape index (κ2) is 5.66. The van der Waals surface area contributed by atoms with Crippen LogP contribution in [0.5, 0.6) is 0 Å². The first-order valence-corrected chi connectivity index (χ1v) is 7.44. The number of hydrogen-bond acceptors (Lipinski definition) is 2. The summed E-state index contributed by atoms with van der Waals surface area (Å²) in [6.45, 7) is 0.750. The Hall–Kier alpha value is -1.98. The average molecular weight is 309 g/mol. The first-order chi connectivity index (χ1) is 10.5. The highest BCUT2D eigenvalue weighted by molar-refractivity contribution is 5.84. The summed E-state index contributed by atoms with van der Waals surface area (Å²) in [5.74, 6) is -3.22. The van der Waals surface area contributed by atoms with Crippen LogP contribution in [0.2, 0.25) is 0 Å². The number of carbonyl (C=O) groups is 2. The molecule has 1 aliphatic heterocycles. The van der Waals surface area contributed by atoms with Crippen molar-refractivity contribution in [3.63, 3.8) is 0 Å². The first kappa shape index (κ1) is 14.9. The van der Waals surface area contributed by atoms with Crippen LogP contribution in [0.4, 0.5) is 8.78 Å². The molecule has 6 heteroatoms. The van der Waals surface area contributed by atoms with E-state index in [0.717, 1.165) is 18.2 Å². The molecule has 3 unspecified atom stereocenters. The van der Waals surface area contributed by atoms with Crippen LogP contribution in [-0.2, 0) is 9.59 Å². The van der Waals surface area contributed by atoms with Crippen molar-refractivity contribution in [2.45, 2.75) is 25.2 Å². The van der Waals surface area contributed by atoms with Gasteiger partial charge in [0.1, 0.15) is 11.6 Å². The molecule has 0 aromatic heterocycles. The van der Waals surface area contributed by atoms with E-state index in [4.69, 9.17) is 5.11 Å². The molecule has 1 aromatic carbocycles. The normalized spacial score (nSPS) is 27.5. The number of aliphatic carboxylic acids is 1. The van der Waals surface area contributed by atoms with E-state index in [2.05, 4.69) is 0 Å². The van der Waals surface area contributed by atoms with E-state index in [9.17, 15) is 18.4 Å². The van der Waals surface area contributed by atoms with Crippen molar-refractivity contribution in [1.82, 2.24) is 4.90 Å². The lowest BCUT2D eigenvalue weighted by Crippen LogP contribution is -2.43. The molecular weight excluding hydrogens is 292 g/mol. The van der Waals surface area contributed by atoms with Gasteiger partial charge in [-0.2, -0.15) is 0 Å². The molecule has 22 heavy (non-hydrogen) atoms. The lowest BCUT2D eigenvalue weighted by molar-refractivity contribution is -0.146. The average Bonchev–Trinajstić information content (AvgIpc) is 3.29. The molecule has 0 bridgehead atoms. The summed E-state index contributed by atoms with van der Waals surface area (Å²) in [4.78, 5) is 25.0. The van der Waals surface area contributed by atoms with Gasteiger partial charge in [-0.25, -0.2) is 8.78 Å². The maximum atomic E-state index is 13.7. The van der Waals surface area contributed by atoms with E-state index in [1.54, 1.807) is 4.90 Å². The van der Waals surface area contributed by atoms with Gasteiger partial charge in [0.25, 0.3) is 0 Å². The van der Waals surface area contributed by atoms with Crippen molar-refractivity contribution >= 4 is 11.9 Å². The van der Waals surface area contributed by atoms with Crippen molar-refractivity contribution in [2.75, 3.05) is 13.1 Å². The van der Waals surface area contributed by atoms with Crippen LogP contribution in [0, 0.1) is 23.5 Å². The maximum Gasteiger partial charge on any atom is 0.308 e. The molecular formula is C16H17F2NO3. The maximum absolute atomic E-state index is 13.7. The van der Waals surface area contributed by atoms with Gasteiger partial charge >= 0.3 is 5.97 Å². The molecule has 1 saturated heterocycles. The van der Waals surface area contributed by atoms with Crippen LogP contribution < -0.4 is 0 Å². The quantitative estimate of drug-likeness (QED) is 0.932. The highest BCUT2D eigenvalue weighted by Crippen LogP contribution is 2.49. The summed E-state index contributed by atoms with van der Waals surface area (Å²) < 4.78 is 27.0. The number of benzene rings is 1. The van der Waals surface area contributed by atoms with Crippen LogP contribution in [0.3, 0.4) is 0 Å². The van der Waals surface area contributed by atoms with Crippen LogP contribution in [0.25, 0.3) is 0 Å². The summed E-state index contributed by atoms with van der Waals surface area (Å²) in [6, 6.07) is 3.27. The SMILES string of the molecule is O=C(O)C1CCCN(C(=O)C2CC2c2cc(F)ccc2F)C1. The Kier molecular flexibility index (Phi) is 3.85. The molecule has 118 valence electrons. The molecule has 4 nitrogen and oxygen atoms in total. The molecule has 3 rings (SSSR count). The lowest BCUT2D eigenvalue weighted by atomic mass is 9.97. The highest BCUT2D eigenvalue weighted by atomic mass is 19.1. The van der Waals surface area contributed by atoms with Gasteiger partial charge in [0.15, 0.2) is 0 Å². The van der Waals surface area contributed by atoms with Gasteiger partial charge in [-0.15, -0.1) is 0 Å². The van der Waals surface area contributed by atoms with Crippen molar-refractivity contribution in [1.29, 1.82) is 0 Å². The largest absolute Gasteiger partial charge is 0.481 e. The summed E-state index contributed by atoms with van der Waals surface area (Å²) in [5, 5.41) is 9.06. The molecule has 1 aliphatic carbocycles. The number of nitrogens with zero attached hydrogens (tertiary/aromatic N) is 1. The molecule has 1 aromatic rings. The van der Waals surface area contributed by atoms with E-state index in [1.165, 1.54) is 0 Å². The number of hydrogen-bond donors (Lipinski definition) is 1. The minimum atomic E-state index is -0.888. The summed E-state index contributed by atoms with van der Waals surface area (Å²) >= 11 is 0. The molecule has 2 aliphatic rings. The second-order valence-corrected chi connectivity index (χ2v) is 6.08. The monoisotopic (exact) mass is 309 g/mol. The van der Waals surface area contributed by atoms with Gasteiger partial charge in [0.05, 0.1) is 5.92 Å². The Balaban J connectivity index is 1.67. The van der Waals surface area contributed by atoms with Crippen LogP contribution >= 0.6 is 0 Å². The molecule has 1 heterocycles. The third kappa shape index (κ3) is 2.82. The molecule has 1 amide bonds. The van der Waals surface area contributed by atoms with Crippen molar-refractivity contribution in [2.24, 2.45) is 11.8 Å². The number of halogens is 2. The van der Waals surface area contributed by atoms with E-state index < -0.39 is 23.5 Å². The summed E-state index contributed by atoms with van der Waals surface area (Å²) in [7, 11) is 0. The fraction of sp³-hybridized carbons (Fsp3) is 0.500. The van der Waals surface area contributed by atoms with E-state index >= 15 is 0 Å². The Labute approximate surface area is 126 Å². The summed E-state index contributed by atoms with van der Waals surface area (Å²) in [5.41, 5.74) is 0.241. The molecule has 0 radical (unpaired) electrons. The standard InChI is InChI=1S/C16H17F2NO3/c17-10-3-4-14(18)12(6-10)11-7-13(11)15(20)19-5-1-2-9(8-19)16(21)22/h3-4,6,9,11,13H,1-2,5,7-8H2,(H,21,22). The molecule has 3 atom stereocenters. The predicted molar refractivity (Wildman–Crippen MR) is 74.1 cm³/mol. The Morgan fingerprint density at radius 3 is 2.77 bits per heavy atom. The number of carbonyl (C=O) groups excluding carboxylic acids is 1. The smallest absolute Gasteiger partial charge is 0.308 e. The van der Waals surface area contributed by atoms with E-state index in [-0.39, 0.29) is 29.9 Å². The van der Waals surface area contributed by atoms with Crippen molar-refractivity contribution in [3.8, 4) is 0 Å². The zero-order valence-electron chi connectivity index (χ0n) is 12.0. The van der Waals surface area contributed by atoms with E-state index in [1.807, 2.05) is 0 Å². The fourth-order valence-electron chi connectivity index (χ4n) is 3.22. The predicted octanol–water partition coefficient (Wildman–Crippen LogP) is 2.39. The second-order valence-electron chi connectivity index (χ2n) is 6.08. The number of carboxylic acid groups (broad SMARTS) is 1. The fourth-order valence-corrected chi connectivity index (χ4v) is 3.22. The van der Waals surface area contributed by atoms with Crippen molar-refractivity contribution < 1.29 is 23.5 Å². The summed E-state index contributed by atoms with van der Waals surface area (Å²) in [6.07, 6.45) is 1.73. The van der Waals surface area contributed by atoms with Crippen LogP contribution in [0.1, 0.15) is 30.7 Å². The minimum Gasteiger partial charge on any atom is -0.481 e. The van der Waals surface area contributed by atoms with Gasteiger partial charge < -0.3 is 10.0 Å². The Bertz CT molecular complexity index is 619. The third-order valence-electron chi connectivity index (χ3n) is 4.55. The zero-order valence-corrected chi connectivity index (χ0v) is 12.0. The highest BCUT2D eigenvalue weighted by Gasteiger charge is 2.47. The topological polar surface area (TPSA) is 57.6 Å². The lowest BCUT2D eigenvalue weighted by Gasteiger charge is -2.31. The molecule has 1 saturated carbocycles. The van der Waals surface area contributed by atoms with Crippen LogP contribution in [-0.4, -0.2) is 35.0 Å². The van der Waals surface area contributed by atoms with Gasteiger partial charge in [-0.3, -0.25) is 9.59 Å². The zero-order chi connectivity index (χ0) is 15.9. The number of piperidine rings is 1. The van der Waals surface area contributed by atoms with Gasteiger partial charge in [0, 0.05) is 19.0 Å². The van der Waals surface area contributed by atoms with E-state index in [0.29, 0.717) is 25.8 Å². The molecule has 0 spiro atoms. The number of carboxylic acids is 1. The molecule has 1 N–H and O–H groups in total. The Morgan fingerprint density at radius 1 is 1.27 bits per heavy atom. The first-order valence-electron chi connectivity index (χ1n) is 7.44.